The van der Waals surface area contributed by atoms with Crippen LogP contribution in [0.5, 0.6) is 0 Å². The Labute approximate surface area is 119 Å². The molecule has 1 aromatic heterocycles. The highest BCUT2D eigenvalue weighted by Crippen LogP contribution is 2.22. The number of carbonyl (C=O) groups excluding carboxylic acids is 1. The Morgan fingerprint density at radius 2 is 2.00 bits per heavy atom. The fraction of sp³-hybridized carbons (Fsp3) is 0.412. The Kier molecular flexibility index (Phi) is 3.79. The Morgan fingerprint density at radius 1 is 1.25 bits per heavy atom. The van der Waals surface area contributed by atoms with Crippen LogP contribution in [-0.2, 0) is 11.3 Å². The number of likely N-dealkylation sites (tertiary alicyclic amines) is 1. The molecule has 0 atom stereocenters. The van der Waals surface area contributed by atoms with Crippen molar-refractivity contribution < 1.29 is 4.79 Å². The first kappa shape index (κ1) is 13.3. The van der Waals surface area contributed by atoms with Gasteiger partial charge in [-0.3, -0.25) is 14.7 Å². The summed E-state index contributed by atoms with van der Waals surface area (Å²) in [5, 5.41) is 1.24. The topological polar surface area (TPSA) is 33.2 Å². The van der Waals surface area contributed by atoms with Gasteiger partial charge in [-0.15, -0.1) is 0 Å². The fourth-order valence-electron chi connectivity index (χ4n) is 3.03. The van der Waals surface area contributed by atoms with Gasteiger partial charge in [0.15, 0.2) is 0 Å². The molecule has 3 nitrogen and oxygen atoms in total. The highest BCUT2D eigenvalue weighted by Gasteiger charge is 2.22. The lowest BCUT2D eigenvalue weighted by Gasteiger charge is -2.31. The predicted octanol–water partition coefficient (Wildman–Crippen LogP) is 3.04. The van der Waals surface area contributed by atoms with Crippen molar-refractivity contribution in [2.75, 3.05) is 13.1 Å². The van der Waals surface area contributed by atoms with E-state index in [9.17, 15) is 4.79 Å². The molecule has 1 saturated heterocycles. The molecular formula is C17H20N2O. The van der Waals surface area contributed by atoms with Crippen LogP contribution in [0.2, 0.25) is 0 Å². The van der Waals surface area contributed by atoms with Crippen LogP contribution in [0.25, 0.3) is 10.9 Å². The smallest absolute Gasteiger partial charge is 0.133 e. The summed E-state index contributed by atoms with van der Waals surface area (Å²) in [5.74, 6) is 0.624. The van der Waals surface area contributed by atoms with Gasteiger partial charge in [0, 0.05) is 24.0 Å². The van der Waals surface area contributed by atoms with Gasteiger partial charge in [-0.2, -0.15) is 0 Å². The number of hydrogen-bond donors (Lipinski definition) is 0. The van der Waals surface area contributed by atoms with Crippen molar-refractivity contribution in [2.45, 2.75) is 26.3 Å². The maximum Gasteiger partial charge on any atom is 0.133 e. The lowest BCUT2D eigenvalue weighted by atomic mass is 9.93. The molecule has 1 fully saturated rings. The van der Waals surface area contributed by atoms with E-state index in [0.29, 0.717) is 5.78 Å². The molecule has 0 aliphatic carbocycles. The standard InChI is InChI=1S/C17H20N2O/c1-13(20)14-7-10-19(11-8-14)12-15-6-9-18-17-5-3-2-4-16(15)17/h2-6,9,14H,7-8,10-12H2,1H3. The molecule has 1 aliphatic heterocycles. The van der Waals surface area contributed by atoms with E-state index in [1.807, 2.05) is 12.3 Å². The number of aromatic nitrogens is 1. The summed E-state index contributed by atoms with van der Waals surface area (Å²) < 4.78 is 0. The Morgan fingerprint density at radius 3 is 2.75 bits per heavy atom. The van der Waals surface area contributed by atoms with Crippen LogP contribution >= 0.6 is 0 Å². The van der Waals surface area contributed by atoms with Gasteiger partial charge in [-0.05, 0) is 50.6 Å². The minimum Gasteiger partial charge on any atom is -0.300 e. The van der Waals surface area contributed by atoms with Crippen molar-refractivity contribution in [3.8, 4) is 0 Å². The molecular weight excluding hydrogens is 248 g/mol. The summed E-state index contributed by atoms with van der Waals surface area (Å²) in [6, 6.07) is 10.4. The molecule has 1 aliphatic rings. The van der Waals surface area contributed by atoms with Crippen molar-refractivity contribution in [3.63, 3.8) is 0 Å². The maximum atomic E-state index is 11.4. The number of carbonyl (C=O) groups is 1. The molecule has 0 bridgehead atoms. The first-order valence-corrected chi connectivity index (χ1v) is 7.29. The van der Waals surface area contributed by atoms with Gasteiger partial charge < -0.3 is 0 Å². The Hall–Kier alpha value is -1.74. The zero-order chi connectivity index (χ0) is 13.9. The molecule has 20 heavy (non-hydrogen) atoms. The predicted molar refractivity (Wildman–Crippen MR) is 80.4 cm³/mol. The second-order valence-corrected chi connectivity index (χ2v) is 5.65. The first-order valence-electron chi connectivity index (χ1n) is 7.29. The third-order valence-electron chi connectivity index (χ3n) is 4.30. The Balaban J connectivity index is 1.73. The number of ketones is 1. The van der Waals surface area contributed by atoms with E-state index < -0.39 is 0 Å². The van der Waals surface area contributed by atoms with Crippen molar-refractivity contribution in [1.82, 2.24) is 9.88 Å². The van der Waals surface area contributed by atoms with E-state index >= 15 is 0 Å². The normalized spacial score (nSPS) is 17.4. The van der Waals surface area contributed by atoms with Gasteiger partial charge in [-0.25, -0.2) is 0 Å². The first-order chi connectivity index (χ1) is 9.74. The number of hydrogen-bond acceptors (Lipinski definition) is 3. The number of para-hydroxylation sites is 1. The summed E-state index contributed by atoms with van der Waals surface area (Å²) in [5.41, 5.74) is 2.39. The number of rotatable bonds is 3. The summed E-state index contributed by atoms with van der Waals surface area (Å²) in [6.45, 7) is 4.70. The van der Waals surface area contributed by atoms with Gasteiger partial charge >= 0.3 is 0 Å². The summed E-state index contributed by atoms with van der Waals surface area (Å²) in [7, 11) is 0. The van der Waals surface area contributed by atoms with E-state index in [1.54, 1.807) is 6.92 Å². The van der Waals surface area contributed by atoms with Gasteiger partial charge in [0.2, 0.25) is 0 Å². The minimum absolute atomic E-state index is 0.278. The highest BCUT2D eigenvalue weighted by atomic mass is 16.1. The van der Waals surface area contributed by atoms with Crippen LogP contribution in [0.3, 0.4) is 0 Å². The SMILES string of the molecule is CC(=O)C1CCN(Cc2ccnc3ccccc23)CC1. The van der Waals surface area contributed by atoms with Crippen molar-refractivity contribution in [3.05, 3.63) is 42.1 Å². The maximum absolute atomic E-state index is 11.4. The number of benzene rings is 1. The van der Waals surface area contributed by atoms with Gasteiger partial charge in [-0.1, -0.05) is 18.2 Å². The second-order valence-electron chi connectivity index (χ2n) is 5.65. The molecule has 0 N–H and O–H groups in total. The van der Waals surface area contributed by atoms with Crippen LogP contribution in [0.4, 0.5) is 0 Å². The van der Waals surface area contributed by atoms with E-state index in [2.05, 4.69) is 34.1 Å². The molecule has 3 rings (SSSR count). The summed E-state index contributed by atoms with van der Waals surface area (Å²) in [4.78, 5) is 18.3. The van der Waals surface area contributed by atoms with E-state index in [0.717, 1.165) is 38.0 Å². The third kappa shape index (κ3) is 2.73. The minimum atomic E-state index is 0.278. The van der Waals surface area contributed by atoms with Gasteiger partial charge in [0.05, 0.1) is 5.52 Å². The lowest BCUT2D eigenvalue weighted by Crippen LogP contribution is -2.35. The van der Waals surface area contributed by atoms with Crippen LogP contribution in [0.1, 0.15) is 25.3 Å². The van der Waals surface area contributed by atoms with Crippen LogP contribution < -0.4 is 0 Å². The summed E-state index contributed by atoms with van der Waals surface area (Å²) >= 11 is 0. The fourth-order valence-corrected chi connectivity index (χ4v) is 3.03. The number of fused-ring (bicyclic) bond motifs is 1. The number of Topliss-reactive ketones (excluding diaryl/α,β-unsaturated/α-hetero) is 1. The molecule has 104 valence electrons. The van der Waals surface area contributed by atoms with Crippen molar-refractivity contribution >= 4 is 16.7 Å². The molecule has 0 unspecified atom stereocenters. The second kappa shape index (κ2) is 5.71. The van der Waals surface area contributed by atoms with Gasteiger partial charge in [0.1, 0.15) is 5.78 Å². The molecule has 2 aromatic rings. The molecule has 0 radical (unpaired) electrons. The largest absolute Gasteiger partial charge is 0.300 e. The molecule has 1 aromatic carbocycles. The number of pyridine rings is 1. The van der Waals surface area contributed by atoms with Crippen LogP contribution in [-0.4, -0.2) is 28.8 Å². The van der Waals surface area contributed by atoms with Crippen LogP contribution in [0.15, 0.2) is 36.5 Å². The molecule has 3 heteroatoms. The Bertz CT molecular complexity index is 610. The summed E-state index contributed by atoms with van der Waals surface area (Å²) in [6.07, 6.45) is 3.89. The van der Waals surface area contributed by atoms with Crippen LogP contribution in [0, 0.1) is 5.92 Å². The van der Waals surface area contributed by atoms with Crippen molar-refractivity contribution in [1.29, 1.82) is 0 Å². The van der Waals surface area contributed by atoms with E-state index in [-0.39, 0.29) is 5.92 Å². The highest BCUT2D eigenvalue weighted by molar-refractivity contribution is 5.81. The van der Waals surface area contributed by atoms with Crippen molar-refractivity contribution in [2.24, 2.45) is 5.92 Å². The monoisotopic (exact) mass is 268 g/mol. The average molecular weight is 268 g/mol. The number of piperidine rings is 1. The zero-order valence-corrected chi connectivity index (χ0v) is 11.9. The zero-order valence-electron chi connectivity index (χ0n) is 11.9. The molecule has 2 heterocycles. The van der Waals surface area contributed by atoms with E-state index in [1.165, 1.54) is 10.9 Å². The average Bonchev–Trinajstić information content (AvgIpc) is 2.48. The lowest BCUT2D eigenvalue weighted by molar-refractivity contribution is -0.122. The molecule has 0 saturated carbocycles. The number of nitrogens with zero attached hydrogens (tertiary/aromatic N) is 2. The van der Waals surface area contributed by atoms with Gasteiger partial charge in [0.25, 0.3) is 0 Å². The van der Waals surface area contributed by atoms with E-state index in [4.69, 9.17) is 0 Å². The third-order valence-corrected chi connectivity index (χ3v) is 4.30. The quantitative estimate of drug-likeness (QED) is 0.858. The molecule has 0 spiro atoms. The molecule has 0 amide bonds.